The molecule has 0 unspecified atom stereocenters. The highest BCUT2D eigenvalue weighted by atomic mass is 19.1. The summed E-state index contributed by atoms with van der Waals surface area (Å²) in [7, 11) is 0. The standard InChI is InChI=1S/C11H12FN3O3/c12-10-3-8(15(17)18)1-2-9(10)11(16)14-6-7-4-13-5-7/h1-3,7,13H,4-6H2,(H,14,16). The summed E-state index contributed by atoms with van der Waals surface area (Å²) in [5.41, 5.74) is -0.542. The summed E-state index contributed by atoms with van der Waals surface area (Å²) in [6, 6.07) is 2.99. The quantitative estimate of drug-likeness (QED) is 0.610. The lowest BCUT2D eigenvalue weighted by atomic mass is 10.0. The van der Waals surface area contributed by atoms with E-state index in [-0.39, 0.29) is 11.3 Å². The van der Waals surface area contributed by atoms with Crippen LogP contribution in [0.5, 0.6) is 0 Å². The topological polar surface area (TPSA) is 84.3 Å². The fourth-order valence-electron chi connectivity index (χ4n) is 1.63. The lowest BCUT2D eigenvalue weighted by Crippen LogP contribution is -2.48. The van der Waals surface area contributed by atoms with Crippen LogP contribution in [0.15, 0.2) is 18.2 Å². The average Bonchev–Trinajstić information content (AvgIpc) is 2.26. The molecule has 96 valence electrons. The minimum absolute atomic E-state index is 0.173. The van der Waals surface area contributed by atoms with Gasteiger partial charge >= 0.3 is 0 Å². The molecule has 1 fully saturated rings. The van der Waals surface area contributed by atoms with Crippen molar-refractivity contribution in [1.29, 1.82) is 0 Å². The van der Waals surface area contributed by atoms with Crippen molar-refractivity contribution in [2.24, 2.45) is 5.92 Å². The van der Waals surface area contributed by atoms with Crippen molar-refractivity contribution >= 4 is 11.6 Å². The molecule has 0 radical (unpaired) electrons. The smallest absolute Gasteiger partial charge is 0.272 e. The Hall–Kier alpha value is -2.02. The number of hydrogen-bond donors (Lipinski definition) is 2. The number of rotatable bonds is 4. The van der Waals surface area contributed by atoms with Crippen molar-refractivity contribution in [2.75, 3.05) is 19.6 Å². The summed E-state index contributed by atoms with van der Waals surface area (Å²) in [6.45, 7) is 2.15. The van der Waals surface area contributed by atoms with E-state index in [1.54, 1.807) is 0 Å². The van der Waals surface area contributed by atoms with Crippen molar-refractivity contribution < 1.29 is 14.1 Å². The molecule has 0 atom stereocenters. The second-order valence-corrected chi connectivity index (χ2v) is 4.16. The molecular weight excluding hydrogens is 241 g/mol. The third-order valence-corrected chi connectivity index (χ3v) is 2.83. The molecule has 1 aromatic carbocycles. The van der Waals surface area contributed by atoms with E-state index in [1.807, 2.05) is 0 Å². The molecule has 1 aliphatic heterocycles. The van der Waals surface area contributed by atoms with Gasteiger partial charge in [-0.1, -0.05) is 0 Å². The highest BCUT2D eigenvalue weighted by molar-refractivity contribution is 5.94. The number of nitro groups is 1. The number of nitro benzene ring substituents is 1. The maximum atomic E-state index is 13.5. The molecule has 1 amide bonds. The average molecular weight is 253 g/mol. The molecular formula is C11H12FN3O3. The Morgan fingerprint density at radius 2 is 2.28 bits per heavy atom. The fourth-order valence-corrected chi connectivity index (χ4v) is 1.63. The molecule has 1 aliphatic rings. The van der Waals surface area contributed by atoms with Crippen molar-refractivity contribution in [3.05, 3.63) is 39.7 Å². The first-order valence-corrected chi connectivity index (χ1v) is 5.51. The number of amides is 1. The summed E-state index contributed by atoms with van der Waals surface area (Å²) < 4.78 is 13.5. The molecule has 0 spiro atoms. The zero-order valence-electron chi connectivity index (χ0n) is 9.48. The number of nitrogens with zero attached hydrogens (tertiary/aromatic N) is 1. The molecule has 1 heterocycles. The van der Waals surface area contributed by atoms with Gasteiger partial charge in [-0.15, -0.1) is 0 Å². The van der Waals surface area contributed by atoms with E-state index in [9.17, 15) is 19.3 Å². The van der Waals surface area contributed by atoms with Crippen LogP contribution in [0, 0.1) is 21.8 Å². The van der Waals surface area contributed by atoms with E-state index in [4.69, 9.17) is 0 Å². The van der Waals surface area contributed by atoms with Gasteiger partial charge in [-0.2, -0.15) is 0 Å². The molecule has 1 saturated heterocycles. The summed E-state index contributed by atoms with van der Waals surface area (Å²) in [5.74, 6) is -1.06. The number of carbonyl (C=O) groups excluding carboxylic acids is 1. The number of benzene rings is 1. The zero-order valence-corrected chi connectivity index (χ0v) is 9.48. The first-order valence-electron chi connectivity index (χ1n) is 5.51. The largest absolute Gasteiger partial charge is 0.352 e. The second-order valence-electron chi connectivity index (χ2n) is 4.16. The molecule has 2 N–H and O–H groups in total. The lowest BCUT2D eigenvalue weighted by molar-refractivity contribution is -0.385. The maximum Gasteiger partial charge on any atom is 0.272 e. The van der Waals surface area contributed by atoms with Crippen LogP contribution >= 0.6 is 0 Å². The minimum atomic E-state index is -0.881. The molecule has 2 rings (SSSR count). The second kappa shape index (κ2) is 5.09. The van der Waals surface area contributed by atoms with Crippen LogP contribution in [0.3, 0.4) is 0 Å². The van der Waals surface area contributed by atoms with Gasteiger partial charge in [0.2, 0.25) is 0 Å². The third kappa shape index (κ3) is 2.62. The monoisotopic (exact) mass is 253 g/mol. The molecule has 18 heavy (non-hydrogen) atoms. The van der Waals surface area contributed by atoms with Crippen LogP contribution in [-0.2, 0) is 0 Å². The number of non-ortho nitro benzene ring substituents is 1. The predicted octanol–water partition coefficient (Wildman–Crippen LogP) is 0.683. The van der Waals surface area contributed by atoms with Crippen LogP contribution in [0.1, 0.15) is 10.4 Å². The Morgan fingerprint density at radius 1 is 1.56 bits per heavy atom. The van der Waals surface area contributed by atoms with Gasteiger partial charge in [-0.3, -0.25) is 14.9 Å². The first kappa shape index (κ1) is 12.4. The van der Waals surface area contributed by atoms with E-state index in [1.165, 1.54) is 0 Å². The van der Waals surface area contributed by atoms with Crippen LogP contribution in [0.4, 0.5) is 10.1 Å². The van der Waals surface area contributed by atoms with Crippen LogP contribution in [0.25, 0.3) is 0 Å². The Bertz CT molecular complexity index is 488. The maximum absolute atomic E-state index is 13.5. The van der Waals surface area contributed by atoms with Crippen molar-refractivity contribution in [2.45, 2.75) is 0 Å². The van der Waals surface area contributed by atoms with Gasteiger partial charge in [0.15, 0.2) is 0 Å². The molecule has 0 bridgehead atoms. The summed E-state index contributed by atoms with van der Waals surface area (Å²) >= 11 is 0. The Kier molecular flexibility index (Phi) is 3.52. The van der Waals surface area contributed by atoms with E-state index in [2.05, 4.69) is 10.6 Å². The van der Waals surface area contributed by atoms with E-state index in [0.717, 1.165) is 31.3 Å². The van der Waals surface area contributed by atoms with Gasteiger partial charge in [0, 0.05) is 31.6 Å². The van der Waals surface area contributed by atoms with Gasteiger partial charge in [0.25, 0.3) is 11.6 Å². The molecule has 0 saturated carbocycles. The fraction of sp³-hybridized carbons (Fsp3) is 0.364. The highest BCUT2D eigenvalue weighted by Gasteiger charge is 2.20. The third-order valence-electron chi connectivity index (χ3n) is 2.83. The normalized spacial score (nSPS) is 14.9. The number of nitrogens with one attached hydrogen (secondary N) is 2. The van der Waals surface area contributed by atoms with Gasteiger partial charge < -0.3 is 10.6 Å². The van der Waals surface area contributed by atoms with Crippen molar-refractivity contribution in [1.82, 2.24) is 10.6 Å². The zero-order chi connectivity index (χ0) is 13.1. The molecule has 0 aromatic heterocycles. The van der Waals surface area contributed by atoms with E-state index in [0.29, 0.717) is 12.5 Å². The molecule has 0 aliphatic carbocycles. The number of hydrogen-bond acceptors (Lipinski definition) is 4. The molecule has 6 nitrogen and oxygen atoms in total. The number of carbonyl (C=O) groups is 1. The first-order chi connectivity index (χ1) is 8.58. The minimum Gasteiger partial charge on any atom is -0.352 e. The SMILES string of the molecule is O=C(NCC1CNC1)c1ccc([N+](=O)[O-])cc1F. The Morgan fingerprint density at radius 3 is 2.78 bits per heavy atom. The van der Waals surface area contributed by atoms with Gasteiger partial charge in [0.05, 0.1) is 16.6 Å². The van der Waals surface area contributed by atoms with Gasteiger partial charge in [0.1, 0.15) is 5.82 Å². The van der Waals surface area contributed by atoms with Crippen molar-refractivity contribution in [3.63, 3.8) is 0 Å². The predicted molar refractivity (Wildman–Crippen MR) is 61.7 cm³/mol. The van der Waals surface area contributed by atoms with E-state index < -0.39 is 16.6 Å². The van der Waals surface area contributed by atoms with Crippen LogP contribution in [-0.4, -0.2) is 30.5 Å². The number of halogens is 1. The summed E-state index contributed by atoms with van der Waals surface area (Å²) in [6.07, 6.45) is 0. The highest BCUT2D eigenvalue weighted by Crippen LogP contribution is 2.16. The van der Waals surface area contributed by atoms with Gasteiger partial charge in [-0.05, 0) is 6.07 Å². The van der Waals surface area contributed by atoms with Crippen molar-refractivity contribution in [3.8, 4) is 0 Å². The van der Waals surface area contributed by atoms with Gasteiger partial charge in [-0.25, -0.2) is 4.39 Å². The summed E-state index contributed by atoms with van der Waals surface area (Å²) in [4.78, 5) is 21.4. The molecule has 1 aromatic rings. The van der Waals surface area contributed by atoms with Crippen LogP contribution in [0.2, 0.25) is 0 Å². The van der Waals surface area contributed by atoms with Crippen LogP contribution < -0.4 is 10.6 Å². The summed E-state index contributed by atoms with van der Waals surface area (Å²) in [5, 5.41) is 16.1. The van der Waals surface area contributed by atoms with E-state index >= 15 is 0 Å². The Balaban J connectivity index is 2.02. The molecule has 7 heteroatoms. The lowest BCUT2D eigenvalue weighted by Gasteiger charge is -2.27. The Labute approximate surface area is 102 Å².